The van der Waals surface area contributed by atoms with Crippen molar-refractivity contribution >= 4 is 17.6 Å². The van der Waals surface area contributed by atoms with Gasteiger partial charge >= 0.3 is 5.97 Å². The maximum atomic E-state index is 12.6. The van der Waals surface area contributed by atoms with Gasteiger partial charge in [0, 0.05) is 12.7 Å². The van der Waals surface area contributed by atoms with Crippen LogP contribution >= 0.6 is 0 Å². The van der Waals surface area contributed by atoms with Gasteiger partial charge in [0.2, 0.25) is 0 Å². The van der Waals surface area contributed by atoms with Gasteiger partial charge in [0.15, 0.2) is 5.83 Å². The zero-order chi connectivity index (χ0) is 12.3. The van der Waals surface area contributed by atoms with Crippen molar-refractivity contribution in [3.8, 4) is 0 Å². The molecule has 0 aromatic heterocycles. The molecule has 0 saturated heterocycles. The summed E-state index contributed by atoms with van der Waals surface area (Å²) in [6.45, 7) is 2.88. The molecule has 0 radical (unpaired) electrons. The Kier molecular flexibility index (Phi) is 3.40. The maximum absolute atomic E-state index is 12.6. The largest absolute Gasteiger partial charge is 0.478 e. The van der Waals surface area contributed by atoms with Gasteiger partial charge in [-0.25, -0.2) is 9.18 Å². The van der Waals surface area contributed by atoms with Gasteiger partial charge in [-0.2, -0.15) is 0 Å². The molecule has 4 nitrogen and oxygen atoms in total. The van der Waals surface area contributed by atoms with Crippen molar-refractivity contribution in [1.29, 1.82) is 0 Å². The van der Waals surface area contributed by atoms with Crippen molar-refractivity contribution in [2.24, 2.45) is 0 Å². The molecule has 0 aliphatic carbocycles. The summed E-state index contributed by atoms with van der Waals surface area (Å²) in [5.41, 5.74) is 0.324. The van der Waals surface area contributed by atoms with Crippen LogP contribution in [0, 0.1) is 0 Å². The lowest BCUT2D eigenvalue weighted by molar-refractivity contribution is -0.116. The van der Waals surface area contributed by atoms with E-state index in [1.54, 1.807) is 0 Å². The number of carboxylic acid groups (broad SMARTS) is 1. The number of hydrogen-bond donors (Lipinski definition) is 1. The van der Waals surface area contributed by atoms with Crippen molar-refractivity contribution in [2.45, 2.75) is 0 Å². The Morgan fingerprint density at radius 2 is 2.06 bits per heavy atom. The second-order valence-corrected chi connectivity index (χ2v) is 3.12. The quantitative estimate of drug-likeness (QED) is 0.795. The molecule has 5 heteroatoms. The average molecular weight is 223 g/mol. The smallest absolute Gasteiger partial charge is 0.335 e. The summed E-state index contributed by atoms with van der Waals surface area (Å²) in [6, 6.07) is 5.65. The molecule has 1 amide bonds. The highest BCUT2D eigenvalue weighted by Crippen LogP contribution is 2.16. The van der Waals surface area contributed by atoms with Crippen molar-refractivity contribution in [2.75, 3.05) is 11.9 Å². The van der Waals surface area contributed by atoms with Crippen LogP contribution in [0.2, 0.25) is 0 Å². The lowest BCUT2D eigenvalue weighted by atomic mass is 10.2. The summed E-state index contributed by atoms with van der Waals surface area (Å²) in [5.74, 6) is -3.10. The van der Waals surface area contributed by atoms with Crippen LogP contribution in [0.15, 0.2) is 36.7 Å². The summed E-state index contributed by atoms with van der Waals surface area (Å²) in [4.78, 5) is 22.9. The molecule has 1 N–H and O–H groups in total. The Morgan fingerprint density at radius 3 is 2.56 bits per heavy atom. The van der Waals surface area contributed by atoms with Crippen molar-refractivity contribution in [1.82, 2.24) is 0 Å². The lowest BCUT2D eigenvalue weighted by Crippen LogP contribution is -2.26. The zero-order valence-electron chi connectivity index (χ0n) is 8.61. The van der Waals surface area contributed by atoms with Gasteiger partial charge in [-0.15, -0.1) is 0 Å². The summed E-state index contributed by atoms with van der Waals surface area (Å²) >= 11 is 0. The number of hydrogen-bond acceptors (Lipinski definition) is 2. The molecule has 0 aliphatic rings. The van der Waals surface area contributed by atoms with E-state index in [0.29, 0.717) is 5.69 Å². The number of carbonyl (C=O) groups excluding carboxylic acids is 1. The molecule has 0 fully saturated rings. The van der Waals surface area contributed by atoms with Crippen LogP contribution in [-0.4, -0.2) is 24.0 Å². The summed E-state index contributed by atoms with van der Waals surface area (Å²) < 4.78 is 12.6. The minimum absolute atomic E-state index is 0.0293. The Labute approximate surface area is 91.6 Å². The second-order valence-electron chi connectivity index (χ2n) is 3.12. The zero-order valence-corrected chi connectivity index (χ0v) is 8.61. The van der Waals surface area contributed by atoms with E-state index in [4.69, 9.17) is 5.11 Å². The van der Waals surface area contributed by atoms with Gasteiger partial charge in [-0.05, 0) is 18.2 Å². The molecule has 0 spiro atoms. The van der Waals surface area contributed by atoms with E-state index in [1.165, 1.54) is 31.3 Å². The van der Waals surface area contributed by atoms with Crippen LogP contribution in [0.25, 0.3) is 0 Å². The van der Waals surface area contributed by atoms with Gasteiger partial charge < -0.3 is 10.0 Å². The van der Waals surface area contributed by atoms with Crippen LogP contribution < -0.4 is 4.90 Å². The fourth-order valence-electron chi connectivity index (χ4n) is 1.15. The van der Waals surface area contributed by atoms with Crippen LogP contribution in [0.3, 0.4) is 0 Å². The Morgan fingerprint density at radius 1 is 1.44 bits per heavy atom. The van der Waals surface area contributed by atoms with Crippen molar-refractivity contribution in [3.63, 3.8) is 0 Å². The van der Waals surface area contributed by atoms with Gasteiger partial charge in [-0.3, -0.25) is 4.79 Å². The van der Waals surface area contributed by atoms with Gasteiger partial charge in [-0.1, -0.05) is 12.6 Å². The predicted molar refractivity (Wildman–Crippen MR) is 57.1 cm³/mol. The number of aromatic carboxylic acids is 1. The summed E-state index contributed by atoms with van der Waals surface area (Å²) in [5, 5.41) is 8.74. The van der Waals surface area contributed by atoms with E-state index >= 15 is 0 Å². The van der Waals surface area contributed by atoms with Crippen molar-refractivity contribution < 1.29 is 19.1 Å². The molecule has 1 rings (SSSR count). The molecule has 1 aromatic carbocycles. The fraction of sp³-hybridized carbons (Fsp3) is 0.0909. The van der Waals surface area contributed by atoms with E-state index in [2.05, 4.69) is 6.58 Å². The van der Waals surface area contributed by atoms with Crippen LogP contribution in [0.4, 0.5) is 10.1 Å². The number of halogens is 1. The van der Waals surface area contributed by atoms with Crippen LogP contribution in [-0.2, 0) is 4.79 Å². The Hall–Kier alpha value is -2.17. The van der Waals surface area contributed by atoms with E-state index in [9.17, 15) is 14.0 Å². The van der Waals surface area contributed by atoms with E-state index < -0.39 is 17.7 Å². The third kappa shape index (κ3) is 2.44. The molecule has 1 aromatic rings. The molecule has 0 atom stereocenters. The molecule has 0 unspecified atom stereocenters. The highest BCUT2D eigenvalue weighted by atomic mass is 19.1. The number of benzene rings is 1. The van der Waals surface area contributed by atoms with E-state index in [0.717, 1.165) is 4.90 Å². The standard InChI is InChI=1S/C11H10FNO3/c1-7(12)10(14)13(2)9-5-3-4-8(6-9)11(15)16/h3-6H,1H2,2H3,(H,15,16). The monoisotopic (exact) mass is 223 g/mol. The summed E-state index contributed by atoms with van der Waals surface area (Å²) in [6.07, 6.45) is 0. The number of nitrogens with zero attached hydrogens (tertiary/aromatic N) is 1. The molecule has 0 saturated carbocycles. The highest BCUT2D eigenvalue weighted by molar-refractivity contribution is 6.03. The van der Waals surface area contributed by atoms with Gasteiger partial charge in [0.05, 0.1) is 5.56 Å². The first-order valence-electron chi connectivity index (χ1n) is 4.39. The lowest BCUT2D eigenvalue weighted by Gasteiger charge is -2.16. The molecule has 0 heterocycles. The molecule has 0 aliphatic heterocycles. The molecular formula is C11H10FNO3. The number of carboxylic acids is 1. The topological polar surface area (TPSA) is 57.6 Å². The van der Waals surface area contributed by atoms with E-state index in [1.807, 2.05) is 0 Å². The Bertz CT molecular complexity index is 456. The van der Waals surface area contributed by atoms with E-state index in [-0.39, 0.29) is 5.56 Å². The third-order valence-corrected chi connectivity index (χ3v) is 2.02. The molecule has 84 valence electrons. The van der Waals surface area contributed by atoms with Gasteiger partial charge in [0.25, 0.3) is 5.91 Å². The highest BCUT2D eigenvalue weighted by Gasteiger charge is 2.15. The van der Waals surface area contributed by atoms with Crippen LogP contribution in [0.1, 0.15) is 10.4 Å². The van der Waals surface area contributed by atoms with Crippen molar-refractivity contribution in [3.05, 3.63) is 42.2 Å². The number of amides is 1. The number of likely N-dealkylation sites (N-methyl/N-ethyl adjacent to an activating group) is 1. The SMILES string of the molecule is C=C(F)C(=O)N(C)c1cccc(C(=O)O)c1. The number of rotatable bonds is 3. The molecular weight excluding hydrogens is 213 g/mol. The first kappa shape index (κ1) is 11.9. The first-order chi connectivity index (χ1) is 7.43. The third-order valence-electron chi connectivity index (χ3n) is 2.02. The summed E-state index contributed by atoms with van der Waals surface area (Å²) in [7, 11) is 1.34. The first-order valence-corrected chi connectivity index (χ1v) is 4.39. The second kappa shape index (κ2) is 4.57. The normalized spacial score (nSPS) is 9.62. The Balaban J connectivity index is 3.05. The molecule has 16 heavy (non-hydrogen) atoms. The average Bonchev–Trinajstić information content (AvgIpc) is 2.27. The van der Waals surface area contributed by atoms with Crippen LogP contribution in [0.5, 0.6) is 0 Å². The number of carbonyl (C=O) groups is 2. The minimum Gasteiger partial charge on any atom is -0.478 e. The predicted octanol–water partition coefficient (Wildman–Crippen LogP) is 1.83. The van der Waals surface area contributed by atoms with Gasteiger partial charge in [0.1, 0.15) is 0 Å². The molecule has 0 bridgehead atoms. The number of anilines is 1. The minimum atomic E-state index is -1.11. The maximum Gasteiger partial charge on any atom is 0.335 e. The fourth-order valence-corrected chi connectivity index (χ4v) is 1.15.